The average molecular weight is 336 g/mol. The van der Waals surface area contributed by atoms with Crippen LogP contribution >= 0.6 is 0 Å². The van der Waals surface area contributed by atoms with Crippen LogP contribution in [-0.4, -0.2) is 23.4 Å². The monoisotopic (exact) mass is 336 g/mol. The molecule has 0 saturated carbocycles. The minimum atomic E-state index is -0.332. The molecule has 0 fully saturated rings. The predicted molar refractivity (Wildman–Crippen MR) is 93.2 cm³/mol. The largest absolute Gasteiger partial charge is 0.486 e. The molecular weight excluding hydrogens is 320 g/mol. The molecule has 1 aliphatic heterocycles. The molecule has 0 spiro atoms. The van der Waals surface area contributed by atoms with Crippen molar-refractivity contribution in [3.63, 3.8) is 0 Å². The Labute approximate surface area is 143 Å². The van der Waals surface area contributed by atoms with Gasteiger partial charge in [0.05, 0.1) is 11.4 Å². The van der Waals surface area contributed by atoms with E-state index in [2.05, 4.69) is 20.4 Å². The van der Waals surface area contributed by atoms with E-state index in [0.29, 0.717) is 36.1 Å². The fraction of sp³-hybridized carbons (Fsp3) is 0.167. The fourth-order valence-electron chi connectivity index (χ4n) is 2.65. The number of hydrogen-bond acceptors (Lipinski definition) is 5. The number of nitrogens with one attached hydrogen (secondary N) is 2. The van der Waals surface area contributed by atoms with Gasteiger partial charge in [0.25, 0.3) is 5.56 Å². The quantitative estimate of drug-likeness (QED) is 0.711. The highest BCUT2D eigenvalue weighted by Gasteiger charge is 2.16. The summed E-state index contributed by atoms with van der Waals surface area (Å²) in [6, 6.07) is 13.1. The van der Waals surface area contributed by atoms with E-state index in [1.807, 2.05) is 49.4 Å². The van der Waals surface area contributed by atoms with Crippen molar-refractivity contribution in [1.82, 2.24) is 10.2 Å². The number of aromatic amines is 2. The fourth-order valence-corrected chi connectivity index (χ4v) is 2.65. The molecule has 1 aromatic heterocycles. The Balaban J connectivity index is 1.71. The third kappa shape index (κ3) is 3.03. The van der Waals surface area contributed by atoms with E-state index in [1.54, 1.807) is 0 Å². The Hall–Kier alpha value is -3.35. The highest BCUT2D eigenvalue weighted by atomic mass is 16.6. The lowest BCUT2D eigenvalue weighted by Gasteiger charge is -2.18. The van der Waals surface area contributed by atoms with Crippen molar-refractivity contribution >= 4 is 11.4 Å². The van der Waals surface area contributed by atoms with Crippen molar-refractivity contribution in [1.29, 1.82) is 0 Å². The van der Waals surface area contributed by atoms with Crippen molar-refractivity contribution in [2.45, 2.75) is 6.92 Å². The molecule has 7 nitrogen and oxygen atoms in total. The Morgan fingerprint density at radius 2 is 1.80 bits per heavy atom. The molecule has 0 bridgehead atoms. The van der Waals surface area contributed by atoms with Gasteiger partial charge < -0.3 is 9.47 Å². The molecule has 4 rings (SSSR count). The highest BCUT2D eigenvalue weighted by Crippen LogP contribution is 2.36. The van der Waals surface area contributed by atoms with Gasteiger partial charge in [-0.15, -0.1) is 5.11 Å². The van der Waals surface area contributed by atoms with E-state index in [4.69, 9.17) is 9.47 Å². The third-order valence-corrected chi connectivity index (χ3v) is 3.85. The maximum Gasteiger partial charge on any atom is 0.292 e. The molecule has 2 heterocycles. The van der Waals surface area contributed by atoms with Gasteiger partial charge in [0.2, 0.25) is 0 Å². The van der Waals surface area contributed by atoms with Gasteiger partial charge in [0.15, 0.2) is 17.2 Å². The lowest BCUT2D eigenvalue weighted by atomic mass is 10.1. The maximum absolute atomic E-state index is 12.1. The van der Waals surface area contributed by atoms with Crippen LogP contribution in [0.1, 0.15) is 5.56 Å². The number of hydrogen-bond donors (Lipinski definition) is 2. The molecule has 3 aromatic rings. The topological polar surface area (TPSA) is 91.8 Å². The van der Waals surface area contributed by atoms with Crippen molar-refractivity contribution in [2.24, 2.45) is 10.2 Å². The van der Waals surface area contributed by atoms with E-state index in [1.165, 1.54) is 0 Å². The summed E-state index contributed by atoms with van der Waals surface area (Å²) in [4.78, 5) is 12.1. The molecule has 0 saturated heterocycles. The van der Waals surface area contributed by atoms with Gasteiger partial charge in [-0.1, -0.05) is 12.1 Å². The van der Waals surface area contributed by atoms with Crippen LogP contribution in [0.5, 0.6) is 11.5 Å². The molecule has 0 unspecified atom stereocenters. The SMILES string of the molecule is Cc1cccc(N=Nc2c(-c3ccc4c(c3)OCCO4)[nH][nH]c2=O)c1. The number of benzene rings is 2. The number of aromatic nitrogens is 2. The van der Waals surface area contributed by atoms with Crippen molar-refractivity contribution in [2.75, 3.05) is 13.2 Å². The van der Waals surface area contributed by atoms with E-state index >= 15 is 0 Å². The third-order valence-electron chi connectivity index (χ3n) is 3.85. The molecular formula is C18H16N4O3. The van der Waals surface area contributed by atoms with Crippen LogP contribution in [-0.2, 0) is 0 Å². The van der Waals surface area contributed by atoms with Crippen molar-refractivity contribution < 1.29 is 9.47 Å². The van der Waals surface area contributed by atoms with Gasteiger partial charge >= 0.3 is 0 Å². The molecule has 0 aliphatic carbocycles. The maximum atomic E-state index is 12.1. The Kier molecular flexibility index (Phi) is 3.81. The van der Waals surface area contributed by atoms with Gasteiger partial charge in [-0.2, -0.15) is 5.11 Å². The Morgan fingerprint density at radius 1 is 0.960 bits per heavy atom. The smallest absolute Gasteiger partial charge is 0.292 e. The van der Waals surface area contributed by atoms with Gasteiger partial charge in [0.1, 0.15) is 13.2 Å². The summed E-state index contributed by atoms with van der Waals surface area (Å²) in [5, 5.41) is 13.7. The van der Waals surface area contributed by atoms with Crippen molar-refractivity contribution in [3.05, 3.63) is 58.4 Å². The summed E-state index contributed by atoms with van der Waals surface area (Å²) in [7, 11) is 0. The number of rotatable bonds is 3. The summed E-state index contributed by atoms with van der Waals surface area (Å²) in [5.41, 5.74) is 2.97. The van der Waals surface area contributed by atoms with E-state index in [-0.39, 0.29) is 11.2 Å². The normalized spacial score (nSPS) is 13.3. The van der Waals surface area contributed by atoms with E-state index in [9.17, 15) is 4.79 Å². The highest BCUT2D eigenvalue weighted by molar-refractivity contribution is 5.73. The summed E-state index contributed by atoms with van der Waals surface area (Å²) >= 11 is 0. The average Bonchev–Trinajstić information content (AvgIpc) is 3.00. The lowest BCUT2D eigenvalue weighted by Crippen LogP contribution is -2.15. The van der Waals surface area contributed by atoms with Crippen LogP contribution in [0.4, 0.5) is 11.4 Å². The van der Waals surface area contributed by atoms with Crippen LogP contribution < -0.4 is 15.0 Å². The molecule has 0 radical (unpaired) electrons. The number of aryl methyl sites for hydroxylation is 1. The lowest BCUT2D eigenvalue weighted by molar-refractivity contribution is 0.171. The second kappa shape index (κ2) is 6.27. The number of azo groups is 1. The first-order chi connectivity index (χ1) is 12.2. The van der Waals surface area contributed by atoms with Crippen LogP contribution in [0.15, 0.2) is 57.5 Å². The molecule has 7 heteroatoms. The zero-order valence-corrected chi connectivity index (χ0v) is 13.6. The first-order valence-corrected chi connectivity index (χ1v) is 7.90. The summed E-state index contributed by atoms with van der Waals surface area (Å²) < 4.78 is 11.1. The van der Waals surface area contributed by atoms with Gasteiger partial charge in [-0.05, 0) is 42.8 Å². The molecule has 2 N–H and O–H groups in total. The van der Waals surface area contributed by atoms with Crippen molar-refractivity contribution in [3.8, 4) is 22.8 Å². The standard InChI is InChI=1S/C18H16N4O3/c1-11-3-2-4-13(9-11)19-21-17-16(20-22-18(17)23)12-5-6-14-15(10-12)25-8-7-24-14/h2-6,9-10H,7-8H2,1H3,(H2,20,22,23). The predicted octanol–water partition coefficient (Wildman–Crippen LogP) is 3.87. The first-order valence-electron chi connectivity index (χ1n) is 7.90. The molecule has 126 valence electrons. The molecule has 1 aliphatic rings. The molecule has 2 aromatic carbocycles. The second-order valence-electron chi connectivity index (χ2n) is 5.70. The van der Waals surface area contributed by atoms with Gasteiger partial charge in [0, 0.05) is 5.56 Å². The second-order valence-corrected chi connectivity index (χ2v) is 5.70. The Bertz CT molecular complexity index is 1000. The summed E-state index contributed by atoms with van der Waals surface area (Å²) in [6.07, 6.45) is 0. The number of nitrogens with zero attached hydrogens (tertiary/aromatic N) is 2. The summed E-state index contributed by atoms with van der Waals surface area (Å²) in [5.74, 6) is 1.34. The van der Waals surface area contributed by atoms with Crippen LogP contribution in [0.3, 0.4) is 0 Å². The van der Waals surface area contributed by atoms with Gasteiger partial charge in [-0.25, -0.2) is 0 Å². The number of fused-ring (bicyclic) bond motifs is 1. The number of ether oxygens (including phenoxy) is 2. The van der Waals surface area contributed by atoms with Crippen LogP contribution in [0, 0.1) is 6.92 Å². The Morgan fingerprint density at radius 3 is 2.64 bits per heavy atom. The minimum absolute atomic E-state index is 0.221. The summed E-state index contributed by atoms with van der Waals surface area (Å²) in [6.45, 7) is 3.01. The van der Waals surface area contributed by atoms with Crippen LogP contribution in [0.25, 0.3) is 11.3 Å². The zero-order valence-electron chi connectivity index (χ0n) is 13.6. The van der Waals surface area contributed by atoms with Crippen LogP contribution in [0.2, 0.25) is 0 Å². The van der Waals surface area contributed by atoms with E-state index in [0.717, 1.165) is 11.1 Å². The molecule has 25 heavy (non-hydrogen) atoms. The van der Waals surface area contributed by atoms with Gasteiger partial charge in [-0.3, -0.25) is 15.0 Å². The minimum Gasteiger partial charge on any atom is -0.486 e. The molecule has 0 amide bonds. The van der Waals surface area contributed by atoms with E-state index < -0.39 is 0 Å². The zero-order chi connectivity index (χ0) is 17.2. The number of H-pyrrole nitrogens is 2. The first kappa shape index (κ1) is 15.2. The molecule has 0 atom stereocenters.